The molecule has 0 saturated carbocycles. The SMILES string of the molecule is Cc1cc(NN)nc(CN(C)Cc2cccnc2)n1. The highest BCUT2D eigenvalue weighted by Gasteiger charge is 2.06. The highest BCUT2D eigenvalue weighted by Crippen LogP contribution is 2.08. The van der Waals surface area contributed by atoms with Crippen LogP contribution in [0.4, 0.5) is 5.82 Å². The number of pyridine rings is 1. The maximum absolute atomic E-state index is 5.38. The first kappa shape index (κ1) is 13.4. The first-order chi connectivity index (χ1) is 9.17. The maximum atomic E-state index is 5.38. The van der Waals surface area contributed by atoms with Crippen molar-refractivity contribution in [3.63, 3.8) is 0 Å². The molecule has 0 unspecified atom stereocenters. The number of nitrogen functional groups attached to an aromatic ring is 1. The molecule has 6 nitrogen and oxygen atoms in total. The molecule has 2 aromatic heterocycles. The van der Waals surface area contributed by atoms with Gasteiger partial charge in [0, 0.05) is 30.7 Å². The first-order valence-corrected chi connectivity index (χ1v) is 6.06. The van der Waals surface area contributed by atoms with Crippen molar-refractivity contribution in [1.82, 2.24) is 19.9 Å². The fourth-order valence-corrected chi connectivity index (χ4v) is 1.88. The summed E-state index contributed by atoms with van der Waals surface area (Å²) in [5, 5.41) is 0. The number of hydrogen-bond acceptors (Lipinski definition) is 6. The molecule has 100 valence electrons. The van der Waals surface area contributed by atoms with Gasteiger partial charge in [-0.2, -0.15) is 0 Å². The Kier molecular flexibility index (Phi) is 4.38. The van der Waals surface area contributed by atoms with E-state index in [4.69, 9.17) is 5.84 Å². The van der Waals surface area contributed by atoms with E-state index in [-0.39, 0.29) is 0 Å². The van der Waals surface area contributed by atoms with E-state index >= 15 is 0 Å². The Labute approximate surface area is 112 Å². The lowest BCUT2D eigenvalue weighted by atomic mass is 10.2. The van der Waals surface area contributed by atoms with Gasteiger partial charge in [0.05, 0.1) is 6.54 Å². The summed E-state index contributed by atoms with van der Waals surface area (Å²) in [4.78, 5) is 15.0. The smallest absolute Gasteiger partial charge is 0.145 e. The minimum absolute atomic E-state index is 0.636. The number of nitrogens with zero attached hydrogens (tertiary/aromatic N) is 4. The van der Waals surface area contributed by atoms with Crippen LogP contribution < -0.4 is 11.3 Å². The summed E-state index contributed by atoms with van der Waals surface area (Å²) in [5.74, 6) is 6.77. The van der Waals surface area contributed by atoms with Crippen LogP contribution in [0.3, 0.4) is 0 Å². The molecule has 0 amide bonds. The fraction of sp³-hybridized carbons (Fsp3) is 0.308. The molecule has 0 radical (unpaired) electrons. The molecule has 0 fully saturated rings. The van der Waals surface area contributed by atoms with Crippen LogP contribution in [0.15, 0.2) is 30.6 Å². The molecular weight excluding hydrogens is 240 g/mol. The molecule has 2 heterocycles. The molecule has 19 heavy (non-hydrogen) atoms. The predicted molar refractivity (Wildman–Crippen MR) is 74.0 cm³/mol. The Bertz CT molecular complexity index is 528. The summed E-state index contributed by atoms with van der Waals surface area (Å²) in [6.07, 6.45) is 3.63. The Morgan fingerprint density at radius 3 is 2.84 bits per heavy atom. The predicted octanol–water partition coefficient (Wildman–Crippen LogP) is 1.10. The normalized spacial score (nSPS) is 10.7. The van der Waals surface area contributed by atoms with Crippen LogP contribution in [0, 0.1) is 6.92 Å². The van der Waals surface area contributed by atoms with Crippen molar-refractivity contribution in [3.05, 3.63) is 47.7 Å². The minimum Gasteiger partial charge on any atom is -0.308 e. The lowest BCUT2D eigenvalue weighted by Crippen LogP contribution is -2.20. The average Bonchev–Trinajstić information content (AvgIpc) is 2.38. The molecule has 0 bridgehead atoms. The van der Waals surface area contributed by atoms with E-state index in [1.54, 1.807) is 6.20 Å². The van der Waals surface area contributed by atoms with Crippen LogP contribution in [0.5, 0.6) is 0 Å². The largest absolute Gasteiger partial charge is 0.308 e. The second-order valence-corrected chi connectivity index (χ2v) is 4.49. The minimum atomic E-state index is 0.636. The number of aryl methyl sites for hydroxylation is 1. The van der Waals surface area contributed by atoms with Gasteiger partial charge in [-0.1, -0.05) is 6.07 Å². The van der Waals surface area contributed by atoms with Gasteiger partial charge in [0.15, 0.2) is 0 Å². The van der Waals surface area contributed by atoms with Crippen molar-refractivity contribution in [3.8, 4) is 0 Å². The Morgan fingerprint density at radius 1 is 1.32 bits per heavy atom. The lowest BCUT2D eigenvalue weighted by Gasteiger charge is -2.16. The molecule has 0 saturated heterocycles. The summed E-state index contributed by atoms with van der Waals surface area (Å²) >= 11 is 0. The van der Waals surface area contributed by atoms with Crippen LogP contribution in [0.1, 0.15) is 17.1 Å². The van der Waals surface area contributed by atoms with Gasteiger partial charge in [-0.3, -0.25) is 9.88 Å². The van der Waals surface area contributed by atoms with Crippen LogP contribution >= 0.6 is 0 Å². The molecular formula is C13H18N6. The highest BCUT2D eigenvalue weighted by atomic mass is 15.3. The van der Waals surface area contributed by atoms with Crippen molar-refractivity contribution in [2.45, 2.75) is 20.0 Å². The van der Waals surface area contributed by atoms with E-state index in [1.165, 1.54) is 0 Å². The van der Waals surface area contributed by atoms with Gasteiger partial charge in [-0.25, -0.2) is 15.8 Å². The standard InChI is InChI=1S/C13H18N6/c1-10-6-12(18-14)17-13(16-10)9-19(2)8-11-4-3-5-15-7-11/h3-7H,8-9,14H2,1-2H3,(H,16,17,18). The van der Waals surface area contributed by atoms with Crippen molar-refractivity contribution in [2.75, 3.05) is 12.5 Å². The van der Waals surface area contributed by atoms with Gasteiger partial charge < -0.3 is 5.43 Å². The van der Waals surface area contributed by atoms with Crippen molar-refractivity contribution >= 4 is 5.82 Å². The van der Waals surface area contributed by atoms with E-state index in [9.17, 15) is 0 Å². The topological polar surface area (TPSA) is 80.0 Å². The highest BCUT2D eigenvalue weighted by molar-refractivity contribution is 5.33. The van der Waals surface area contributed by atoms with Gasteiger partial charge >= 0.3 is 0 Å². The number of rotatable bonds is 5. The number of nitrogens with one attached hydrogen (secondary N) is 1. The van der Waals surface area contributed by atoms with Gasteiger partial charge in [-0.15, -0.1) is 0 Å². The quantitative estimate of drug-likeness (QED) is 0.617. The van der Waals surface area contributed by atoms with Crippen molar-refractivity contribution < 1.29 is 0 Å². The zero-order chi connectivity index (χ0) is 13.7. The van der Waals surface area contributed by atoms with E-state index in [1.807, 2.05) is 38.4 Å². The fourth-order valence-electron chi connectivity index (χ4n) is 1.88. The maximum Gasteiger partial charge on any atom is 0.145 e. The Morgan fingerprint density at radius 2 is 2.16 bits per heavy atom. The molecule has 0 spiro atoms. The summed E-state index contributed by atoms with van der Waals surface area (Å²) in [6, 6.07) is 5.79. The van der Waals surface area contributed by atoms with Crippen LogP contribution in [0.2, 0.25) is 0 Å². The average molecular weight is 258 g/mol. The third kappa shape index (κ3) is 3.97. The van der Waals surface area contributed by atoms with Crippen LogP contribution in [0.25, 0.3) is 0 Å². The first-order valence-electron chi connectivity index (χ1n) is 6.06. The van der Waals surface area contributed by atoms with Crippen molar-refractivity contribution in [1.29, 1.82) is 0 Å². The van der Waals surface area contributed by atoms with E-state index in [2.05, 4.69) is 25.3 Å². The summed E-state index contributed by atoms with van der Waals surface area (Å²) < 4.78 is 0. The zero-order valence-electron chi connectivity index (χ0n) is 11.2. The number of hydrogen-bond donors (Lipinski definition) is 2. The summed E-state index contributed by atoms with van der Waals surface area (Å²) in [5.41, 5.74) is 4.61. The number of nitrogens with two attached hydrogens (primary N) is 1. The molecule has 0 aliphatic heterocycles. The van der Waals surface area contributed by atoms with E-state index < -0.39 is 0 Å². The monoisotopic (exact) mass is 258 g/mol. The second-order valence-electron chi connectivity index (χ2n) is 4.49. The van der Waals surface area contributed by atoms with E-state index in [0.29, 0.717) is 12.4 Å². The third-order valence-corrected chi connectivity index (χ3v) is 2.64. The van der Waals surface area contributed by atoms with Gasteiger partial charge in [-0.05, 0) is 25.6 Å². The van der Waals surface area contributed by atoms with Gasteiger partial charge in [0.2, 0.25) is 0 Å². The molecule has 0 aliphatic carbocycles. The molecule has 0 aliphatic rings. The molecule has 3 N–H and O–H groups in total. The zero-order valence-corrected chi connectivity index (χ0v) is 11.2. The van der Waals surface area contributed by atoms with Crippen LogP contribution in [-0.2, 0) is 13.1 Å². The molecule has 0 atom stereocenters. The second kappa shape index (κ2) is 6.21. The van der Waals surface area contributed by atoms with Crippen molar-refractivity contribution in [2.24, 2.45) is 5.84 Å². The van der Waals surface area contributed by atoms with Gasteiger partial charge in [0.25, 0.3) is 0 Å². The van der Waals surface area contributed by atoms with Crippen LogP contribution in [-0.4, -0.2) is 26.9 Å². The Hall–Kier alpha value is -2.05. The van der Waals surface area contributed by atoms with E-state index in [0.717, 1.165) is 23.6 Å². The summed E-state index contributed by atoms with van der Waals surface area (Å²) in [7, 11) is 2.02. The summed E-state index contributed by atoms with van der Waals surface area (Å²) in [6.45, 7) is 3.38. The molecule has 6 heteroatoms. The number of hydrazine groups is 1. The van der Waals surface area contributed by atoms with Gasteiger partial charge in [0.1, 0.15) is 11.6 Å². The number of anilines is 1. The third-order valence-electron chi connectivity index (χ3n) is 2.64. The number of aromatic nitrogens is 3. The molecule has 2 aromatic rings. The molecule has 0 aromatic carbocycles. The molecule has 2 rings (SSSR count). The Balaban J connectivity index is 2.02. The lowest BCUT2D eigenvalue weighted by molar-refractivity contribution is 0.310.